The number of rotatable bonds is 5. The second-order valence-electron chi connectivity index (χ2n) is 8.24. The molecule has 166 valence electrons. The fourth-order valence-corrected chi connectivity index (χ4v) is 4.84. The number of aryl methyl sites for hydroxylation is 2. The molecular weight excluding hydrogens is 428 g/mol. The number of ether oxygens (including phenoxy) is 1. The summed E-state index contributed by atoms with van der Waals surface area (Å²) in [5.74, 6) is 0.815. The van der Waals surface area contributed by atoms with Crippen LogP contribution in [0.3, 0.4) is 0 Å². The number of nitrogens with zero attached hydrogens (tertiary/aromatic N) is 3. The highest BCUT2D eigenvalue weighted by Gasteiger charge is 2.42. The highest BCUT2D eigenvalue weighted by molar-refractivity contribution is 7.80. The van der Waals surface area contributed by atoms with Gasteiger partial charge in [-0.3, -0.25) is 4.98 Å². The minimum atomic E-state index is -0.108. The first-order chi connectivity index (χ1) is 16.1. The number of thiocarbonyl (C=S) groups is 1. The Morgan fingerprint density at radius 2 is 1.76 bits per heavy atom. The summed E-state index contributed by atoms with van der Waals surface area (Å²) >= 11 is 5.89. The molecule has 4 aromatic rings. The zero-order chi connectivity index (χ0) is 22.9. The number of methoxy groups -OCH3 is 1. The van der Waals surface area contributed by atoms with E-state index in [0.29, 0.717) is 5.11 Å². The van der Waals surface area contributed by atoms with Crippen LogP contribution in [0.5, 0.6) is 5.75 Å². The van der Waals surface area contributed by atoms with Crippen molar-refractivity contribution >= 4 is 23.0 Å². The number of para-hydroxylation sites is 2. The van der Waals surface area contributed by atoms with E-state index in [1.807, 2.05) is 42.6 Å². The molecule has 1 fully saturated rings. The van der Waals surface area contributed by atoms with E-state index in [-0.39, 0.29) is 12.1 Å². The van der Waals surface area contributed by atoms with Crippen molar-refractivity contribution < 1.29 is 4.74 Å². The Balaban J connectivity index is 1.69. The SMILES string of the molecule is COc1ccccc1-n1cccc1C1C(c2ccccn2)NC(=S)N1c1ccc(C)c(C)c1. The summed E-state index contributed by atoms with van der Waals surface area (Å²) in [7, 11) is 1.70. The molecule has 2 aromatic heterocycles. The number of hydrogen-bond donors (Lipinski definition) is 1. The van der Waals surface area contributed by atoms with Crippen molar-refractivity contribution in [2.24, 2.45) is 0 Å². The third kappa shape index (κ3) is 3.76. The molecular formula is C27H26N4OS. The van der Waals surface area contributed by atoms with Crippen molar-refractivity contribution in [1.29, 1.82) is 0 Å². The van der Waals surface area contributed by atoms with Gasteiger partial charge in [-0.2, -0.15) is 0 Å². The van der Waals surface area contributed by atoms with Crippen molar-refractivity contribution in [3.05, 3.63) is 108 Å². The summed E-state index contributed by atoms with van der Waals surface area (Å²) in [6, 6.07) is 24.6. The first kappa shape index (κ1) is 21.2. The van der Waals surface area contributed by atoms with Crippen molar-refractivity contribution in [3.8, 4) is 11.4 Å². The quantitative estimate of drug-likeness (QED) is 0.393. The molecule has 5 rings (SSSR count). The van der Waals surface area contributed by atoms with Crippen LogP contribution in [0.25, 0.3) is 5.69 Å². The summed E-state index contributed by atoms with van der Waals surface area (Å²) in [5, 5.41) is 4.24. The van der Waals surface area contributed by atoms with Gasteiger partial charge in [0.15, 0.2) is 5.11 Å². The molecule has 1 saturated heterocycles. The van der Waals surface area contributed by atoms with E-state index in [1.54, 1.807) is 7.11 Å². The molecule has 0 aliphatic carbocycles. The van der Waals surface area contributed by atoms with E-state index in [0.717, 1.165) is 28.5 Å². The van der Waals surface area contributed by atoms with Crippen LogP contribution in [0, 0.1) is 13.8 Å². The first-order valence-electron chi connectivity index (χ1n) is 11.0. The van der Waals surface area contributed by atoms with Crippen LogP contribution in [0.4, 0.5) is 5.69 Å². The molecule has 2 aromatic carbocycles. The van der Waals surface area contributed by atoms with Gasteiger partial charge in [-0.15, -0.1) is 0 Å². The van der Waals surface area contributed by atoms with Gasteiger partial charge in [0.05, 0.1) is 24.5 Å². The summed E-state index contributed by atoms with van der Waals surface area (Å²) in [4.78, 5) is 6.88. The maximum Gasteiger partial charge on any atom is 0.174 e. The molecule has 0 saturated carbocycles. The number of pyridine rings is 1. The van der Waals surface area contributed by atoms with Gasteiger partial charge in [-0.1, -0.05) is 24.3 Å². The van der Waals surface area contributed by atoms with Crippen molar-refractivity contribution in [3.63, 3.8) is 0 Å². The summed E-state index contributed by atoms with van der Waals surface area (Å²) in [6.07, 6.45) is 3.90. The van der Waals surface area contributed by atoms with Crippen molar-refractivity contribution in [2.75, 3.05) is 12.0 Å². The fourth-order valence-electron chi connectivity index (χ4n) is 4.49. The molecule has 1 aliphatic rings. The maximum absolute atomic E-state index is 5.89. The Morgan fingerprint density at radius 3 is 2.52 bits per heavy atom. The lowest BCUT2D eigenvalue weighted by atomic mass is 10.00. The van der Waals surface area contributed by atoms with Gasteiger partial charge < -0.3 is 19.5 Å². The number of anilines is 1. The first-order valence-corrected chi connectivity index (χ1v) is 11.4. The van der Waals surface area contributed by atoms with E-state index < -0.39 is 0 Å². The van der Waals surface area contributed by atoms with Gasteiger partial charge in [-0.05, 0) is 85.7 Å². The molecule has 2 unspecified atom stereocenters. The number of nitrogens with one attached hydrogen (secondary N) is 1. The summed E-state index contributed by atoms with van der Waals surface area (Å²) in [6.45, 7) is 4.26. The normalized spacial score (nSPS) is 17.8. The Kier molecular flexibility index (Phi) is 5.60. The minimum Gasteiger partial charge on any atom is -0.495 e. The number of benzene rings is 2. The van der Waals surface area contributed by atoms with Crippen LogP contribution in [-0.4, -0.2) is 21.8 Å². The van der Waals surface area contributed by atoms with E-state index in [4.69, 9.17) is 17.0 Å². The van der Waals surface area contributed by atoms with Crippen LogP contribution in [0.2, 0.25) is 0 Å². The molecule has 0 spiro atoms. The maximum atomic E-state index is 5.89. The Labute approximate surface area is 199 Å². The Morgan fingerprint density at radius 1 is 0.939 bits per heavy atom. The van der Waals surface area contributed by atoms with E-state index in [2.05, 4.69) is 76.2 Å². The smallest absolute Gasteiger partial charge is 0.174 e. The second-order valence-corrected chi connectivity index (χ2v) is 8.63. The zero-order valence-corrected chi connectivity index (χ0v) is 19.7. The highest BCUT2D eigenvalue weighted by Crippen LogP contribution is 2.43. The van der Waals surface area contributed by atoms with Crippen molar-refractivity contribution in [1.82, 2.24) is 14.9 Å². The zero-order valence-electron chi connectivity index (χ0n) is 18.9. The van der Waals surface area contributed by atoms with Gasteiger partial charge in [-0.25, -0.2) is 0 Å². The highest BCUT2D eigenvalue weighted by atomic mass is 32.1. The minimum absolute atomic E-state index is 0.102. The standard InChI is InChI=1S/C27H26N4OS/c1-18-13-14-20(17-19(18)2)31-26(25(29-27(31)33)21-9-6-7-15-28-21)23-11-8-16-30(23)22-10-4-5-12-24(22)32-3/h4-17,25-26H,1-3H3,(H,29,33). The van der Waals surface area contributed by atoms with Crippen LogP contribution in [0.15, 0.2) is 85.2 Å². The van der Waals surface area contributed by atoms with Crippen LogP contribution < -0.4 is 15.0 Å². The average molecular weight is 455 g/mol. The lowest BCUT2D eigenvalue weighted by Crippen LogP contribution is -2.30. The van der Waals surface area contributed by atoms with Gasteiger partial charge in [0, 0.05) is 23.8 Å². The van der Waals surface area contributed by atoms with Crippen LogP contribution >= 0.6 is 12.2 Å². The van der Waals surface area contributed by atoms with Crippen molar-refractivity contribution in [2.45, 2.75) is 25.9 Å². The van der Waals surface area contributed by atoms with Crippen LogP contribution in [-0.2, 0) is 0 Å². The molecule has 2 atom stereocenters. The molecule has 5 nitrogen and oxygen atoms in total. The fraction of sp³-hybridized carbons (Fsp3) is 0.185. The molecule has 1 aliphatic heterocycles. The number of hydrogen-bond acceptors (Lipinski definition) is 3. The molecule has 3 heterocycles. The number of aromatic nitrogens is 2. The van der Waals surface area contributed by atoms with E-state index in [1.165, 1.54) is 11.1 Å². The van der Waals surface area contributed by atoms with Gasteiger partial charge >= 0.3 is 0 Å². The molecule has 6 heteroatoms. The monoisotopic (exact) mass is 454 g/mol. The third-order valence-electron chi connectivity index (χ3n) is 6.29. The molecule has 33 heavy (non-hydrogen) atoms. The largest absolute Gasteiger partial charge is 0.495 e. The molecule has 0 bridgehead atoms. The Bertz CT molecular complexity index is 1300. The lowest BCUT2D eigenvalue weighted by Gasteiger charge is -2.29. The Hall–Kier alpha value is -3.64. The lowest BCUT2D eigenvalue weighted by molar-refractivity contribution is 0.412. The van der Waals surface area contributed by atoms with Gasteiger partial charge in [0.1, 0.15) is 11.8 Å². The third-order valence-corrected chi connectivity index (χ3v) is 6.61. The molecule has 1 N–H and O–H groups in total. The second kappa shape index (κ2) is 8.71. The predicted octanol–water partition coefficient (Wildman–Crippen LogP) is 5.67. The van der Waals surface area contributed by atoms with E-state index in [9.17, 15) is 0 Å². The summed E-state index contributed by atoms with van der Waals surface area (Å²) < 4.78 is 7.86. The average Bonchev–Trinajstić information content (AvgIpc) is 3.45. The van der Waals surface area contributed by atoms with Gasteiger partial charge in [0.2, 0.25) is 0 Å². The van der Waals surface area contributed by atoms with Gasteiger partial charge in [0.25, 0.3) is 0 Å². The molecule has 0 radical (unpaired) electrons. The van der Waals surface area contributed by atoms with E-state index >= 15 is 0 Å². The predicted molar refractivity (Wildman–Crippen MR) is 136 cm³/mol. The molecule has 0 amide bonds. The topological polar surface area (TPSA) is 42.3 Å². The van der Waals surface area contributed by atoms with Crippen LogP contribution in [0.1, 0.15) is 34.6 Å². The summed E-state index contributed by atoms with van der Waals surface area (Å²) in [5.41, 5.74) is 6.58.